The monoisotopic (exact) mass is 563 g/mol. The summed E-state index contributed by atoms with van der Waals surface area (Å²) in [4.78, 5) is 28.8. The number of amides is 2. The Morgan fingerprint density at radius 3 is 1.93 bits per heavy atom. The molecule has 0 saturated carbocycles. The molecule has 1 N–H and O–H groups in total. The van der Waals surface area contributed by atoms with Crippen molar-refractivity contribution in [1.82, 2.24) is 10.2 Å². The van der Waals surface area contributed by atoms with Crippen LogP contribution in [0.4, 0.5) is 5.69 Å². The first kappa shape index (κ1) is 30.9. The van der Waals surface area contributed by atoms with Gasteiger partial charge in [0.2, 0.25) is 11.8 Å². The normalized spacial score (nSPS) is 12.9. The van der Waals surface area contributed by atoms with Crippen LogP contribution >= 0.6 is 0 Å². The number of benzene rings is 3. The topological polar surface area (TPSA) is 86.8 Å². The van der Waals surface area contributed by atoms with Gasteiger partial charge in [0.15, 0.2) is 0 Å². The number of carbonyl (C=O) groups excluding carboxylic acids is 2. The van der Waals surface area contributed by atoms with Crippen molar-refractivity contribution in [2.24, 2.45) is 0 Å². The van der Waals surface area contributed by atoms with Gasteiger partial charge >= 0.3 is 0 Å². The van der Waals surface area contributed by atoms with Gasteiger partial charge in [-0.3, -0.25) is 13.9 Å². The number of hydrogen-bond acceptors (Lipinski definition) is 4. The highest BCUT2D eigenvalue weighted by Crippen LogP contribution is 2.28. The maximum atomic E-state index is 14.0. The molecule has 3 aromatic rings. The molecule has 7 nitrogen and oxygen atoms in total. The maximum Gasteiger partial charge on any atom is 0.264 e. The molecule has 40 heavy (non-hydrogen) atoms. The third kappa shape index (κ3) is 7.50. The van der Waals surface area contributed by atoms with Crippen LogP contribution in [0.5, 0.6) is 0 Å². The van der Waals surface area contributed by atoms with Gasteiger partial charge in [0, 0.05) is 12.6 Å². The number of aryl methyl sites for hydroxylation is 4. The predicted molar refractivity (Wildman–Crippen MR) is 161 cm³/mol. The SMILES string of the molecule is CC[C@@H](C)NC(=O)[C@@H](C)N(Cc1ccc(C)cc1)C(=O)CN(c1ccc(C)cc1C)S(=O)(=O)c1ccc(C)cc1. The minimum atomic E-state index is -4.10. The fourth-order valence-corrected chi connectivity index (χ4v) is 5.85. The highest BCUT2D eigenvalue weighted by atomic mass is 32.2. The molecule has 0 fully saturated rings. The van der Waals surface area contributed by atoms with Crippen LogP contribution in [0.2, 0.25) is 0 Å². The molecule has 0 heterocycles. The van der Waals surface area contributed by atoms with Gasteiger partial charge in [-0.1, -0.05) is 72.1 Å². The van der Waals surface area contributed by atoms with Crippen LogP contribution in [0, 0.1) is 27.7 Å². The molecular weight excluding hydrogens is 522 g/mol. The first-order valence-corrected chi connectivity index (χ1v) is 15.1. The standard InChI is InChI=1S/C32H41N3O4S/c1-8-26(6)33-32(37)27(7)34(20-28-14-9-22(2)10-15-28)31(36)21-35(30-18-13-24(4)19-25(30)5)40(38,39)29-16-11-23(3)12-17-29/h9-19,26-27H,8,20-21H2,1-7H3,(H,33,37)/t26-,27-/m1/s1. The van der Waals surface area contributed by atoms with Gasteiger partial charge in [-0.2, -0.15) is 0 Å². The molecule has 214 valence electrons. The Balaban J connectivity index is 2.05. The fraction of sp³-hybridized carbons (Fsp3) is 0.375. The molecule has 2 amide bonds. The zero-order chi connectivity index (χ0) is 29.6. The zero-order valence-electron chi connectivity index (χ0n) is 24.6. The number of nitrogens with zero attached hydrogens (tertiary/aromatic N) is 2. The quantitative estimate of drug-likeness (QED) is 0.336. The highest BCUT2D eigenvalue weighted by Gasteiger charge is 2.33. The van der Waals surface area contributed by atoms with E-state index in [0.717, 1.165) is 38.5 Å². The molecule has 0 spiro atoms. The summed E-state index contributed by atoms with van der Waals surface area (Å²) in [5.41, 5.74) is 4.99. The lowest BCUT2D eigenvalue weighted by Gasteiger charge is -2.33. The van der Waals surface area contributed by atoms with Crippen molar-refractivity contribution < 1.29 is 18.0 Å². The van der Waals surface area contributed by atoms with Crippen LogP contribution in [0.1, 0.15) is 55.0 Å². The van der Waals surface area contributed by atoms with Crippen LogP contribution in [0.25, 0.3) is 0 Å². The summed E-state index contributed by atoms with van der Waals surface area (Å²) in [6.45, 7) is 12.9. The molecule has 2 atom stereocenters. The number of hydrogen-bond donors (Lipinski definition) is 1. The third-order valence-electron chi connectivity index (χ3n) is 7.15. The van der Waals surface area contributed by atoms with Crippen LogP contribution in [0.3, 0.4) is 0 Å². The summed E-state index contributed by atoms with van der Waals surface area (Å²) in [7, 11) is -4.10. The van der Waals surface area contributed by atoms with Crippen molar-refractivity contribution in [2.45, 2.75) is 78.4 Å². The Hall–Kier alpha value is -3.65. The van der Waals surface area contributed by atoms with Gasteiger partial charge in [0.1, 0.15) is 12.6 Å². The first-order chi connectivity index (χ1) is 18.8. The second-order valence-electron chi connectivity index (χ2n) is 10.6. The van der Waals surface area contributed by atoms with E-state index >= 15 is 0 Å². The molecule has 3 rings (SSSR count). The van der Waals surface area contributed by atoms with Crippen molar-refractivity contribution in [3.05, 3.63) is 94.5 Å². The molecule has 0 unspecified atom stereocenters. The fourth-order valence-electron chi connectivity index (χ4n) is 4.37. The van der Waals surface area contributed by atoms with Gasteiger partial charge < -0.3 is 10.2 Å². The molecule has 0 aromatic heterocycles. The predicted octanol–water partition coefficient (Wildman–Crippen LogP) is 5.45. The summed E-state index contributed by atoms with van der Waals surface area (Å²) in [6.07, 6.45) is 0.750. The number of nitrogens with one attached hydrogen (secondary N) is 1. The zero-order valence-corrected chi connectivity index (χ0v) is 25.4. The van der Waals surface area contributed by atoms with Gasteiger partial charge in [-0.25, -0.2) is 8.42 Å². The molecule has 0 radical (unpaired) electrons. The minimum Gasteiger partial charge on any atom is -0.352 e. The van der Waals surface area contributed by atoms with Crippen molar-refractivity contribution in [2.75, 3.05) is 10.8 Å². The Bertz CT molecular complexity index is 1430. The second kappa shape index (κ2) is 13.1. The molecule has 0 aliphatic heterocycles. The van der Waals surface area contributed by atoms with Crippen LogP contribution in [-0.2, 0) is 26.2 Å². The lowest BCUT2D eigenvalue weighted by atomic mass is 10.1. The van der Waals surface area contributed by atoms with Gasteiger partial charge in [-0.15, -0.1) is 0 Å². The van der Waals surface area contributed by atoms with E-state index in [2.05, 4.69) is 5.32 Å². The first-order valence-electron chi connectivity index (χ1n) is 13.7. The molecule has 0 aliphatic rings. The summed E-state index contributed by atoms with van der Waals surface area (Å²) in [6, 6.07) is 18.9. The smallest absolute Gasteiger partial charge is 0.264 e. The average molecular weight is 564 g/mol. The van der Waals surface area contributed by atoms with E-state index in [-0.39, 0.29) is 23.4 Å². The van der Waals surface area contributed by atoms with E-state index in [1.165, 1.54) is 4.90 Å². The van der Waals surface area contributed by atoms with Gasteiger partial charge in [0.25, 0.3) is 10.0 Å². The molecule has 3 aromatic carbocycles. The number of carbonyl (C=O) groups is 2. The Morgan fingerprint density at radius 2 is 1.38 bits per heavy atom. The lowest BCUT2D eigenvalue weighted by Crippen LogP contribution is -2.52. The van der Waals surface area contributed by atoms with Crippen molar-refractivity contribution in [1.29, 1.82) is 0 Å². The summed E-state index contributed by atoms with van der Waals surface area (Å²) in [5.74, 6) is -0.752. The van der Waals surface area contributed by atoms with Gasteiger partial charge in [0.05, 0.1) is 10.6 Å². The largest absolute Gasteiger partial charge is 0.352 e. The second-order valence-corrected chi connectivity index (χ2v) is 12.5. The van der Waals surface area contributed by atoms with Crippen molar-refractivity contribution in [3.8, 4) is 0 Å². The Kier molecular flexibility index (Phi) is 10.1. The lowest BCUT2D eigenvalue weighted by molar-refractivity contribution is -0.139. The molecular formula is C32H41N3O4S. The average Bonchev–Trinajstić information content (AvgIpc) is 2.91. The number of rotatable bonds is 11. The summed E-state index contributed by atoms with van der Waals surface area (Å²) in [5, 5.41) is 2.96. The maximum absolute atomic E-state index is 14.0. The van der Waals surface area contributed by atoms with E-state index in [9.17, 15) is 18.0 Å². The minimum absolute atomic E-state index is 0.0556. The van der Waals surface area contributed by atoms with E-state index in [4.69, 9.17) is 0 Å². The third-order valence-corrected chi connectivity index (χ3v) is 8.92. The van der Waals surface area contributed by atoms with E-state index in [1.54, 1.807) is 37.3 Å². The number of sulfonamides is 1. The van der Waals surface area contributed by atoms with Crippen molar-refractivity contribution in [3.63, 3.8) is 0 Å². The highest BCUT2D eigenvalue weighted by molar-refractivity contribution is 7.92. The Morgan fingerprint density at radius 1 is 0.825 bits per heavy atom. The number of anilines is 1. The van der Waals surface area contributed by atoms with Crippen LogP contribution in [0.15, 0.2) is 71.6 Å². The van der Waals surface area contributed by atoms with E-state index in [0.29, 0.717) is 5.69 Å². The Labute approximate surface area is 239 Å². The van der Waals surface area contributed by atoms with Crippen LogP contribution < -0.4 is 9.62 Å². The molecule has 0 bridgehead atoms. The summed E-state index contributed by atoms with van der Waals surface area (Å²) < 4.78 is 29.2. The summed E-state index contributed by atoms with van der Waals surface area (Å²) >= 11 is 0. The van der Waals surface area contributed by atoms with Gasteiger partial charge in [-0.05, 0) is 77.3 Å². The molecule has 0 aliphatic carbocycles. The van der Waals surface area contributed by atoms with E-state index < -0.39 is 28.5 Å². The molecule has 0 saturated heterocycles. The van der Waals surface area contributed by atoms with Crippen molar-refractivity contribution >= 4 is 27.5 Å². The van der Waals surface area contributed by atoms with E-state index in [1.807, 2.05) is 77.9 Å². The molecule has 8 heteroatoms. The van der Waals surface area contributed by atoms with Crippen LogP contribution in [-0.4, -0.2) is 43.8 Å².